The number of carbonyl (C=O) groups is 2. The monoisotopic (exact) mass is 342 g/mol. The highest BCUT2D eigenvalue weighted by Gasteiger charge is 2.32. The van der Waals surface area contributed by atoms with Crippen molar-refractivity contribution in [1.29, 1.82) is 0 Å². The third-order valence-electron chi connectivity index (χ3n) is 2.92. The van der Waals surface area contributed by atoms with Crippen LogP contribution in [0.3, 0.4) is 0 Å². The van der Waals surface area contributed by atoms with E-state index in [-0.39, 0.29) is 52.4 Å². The quantitative estimate of drug-likeness (QED) is 0.209. The molecule has 1 heterocycles. The Kier molecular flexibility index (Phi) is 9.91. The van der Waals surface area contributed by atoms with Crippen molar-refractivity contribution in [1.82, 2.24) is 0 Å². The molecule has 2 unspecified atom stereocenters. The summed E-state index contributed by atoms with van der Waals surface area (Å²) >= 11 is 0. The van der Waals surface area contributed by atoms with Crippen LogP contribution in [0.5, 0.6) is 0 Å². The van der Waals surface area contributed by atoms with Gasteiger partial charge in [-0.2, -0.15) is 0 Å². The second-order valence-electron chi connectivity index (χ2n) is 4.64. The van der Waals surface area contributed by atoms with Crippen LogP contribution in [0.4, 0.5) is 0 Å². The fourth-order valence-electron chi connectivity index (χ4n) is 1.82. The van der Waals surface area contributed by atoms with Crippen LogP contribution in [0.2, 0.25) is 0 Å². The SMILES string of the molecule is O=C=NCCC(=O)OCCOC1COCC1OC(=O)CCN=C=O. The van der Waals surface area contributed by atoms with E-state index in [1.807, 2.05) is 0 Å². The maximum absolute atomic E-state index is 11.5. The number of esters is 2. The zero-order valence-electron chi connectivity index (χ0n) is 13.0. The van der Waals surface area contributed by atoms with Crippen LogP contribution in [0.1, 0.15) is 12.8 Å². The number of hydrogen-bond acceptors (Lipinski definition) is 10. The highest BCUT2D eigenvalue weighted by atomic mass is 16.6. The van der Waals surface area contributed by atoms with Gasteiger partial charge >= 0.3 is 11.9 Å². The van der Waals surface area contributed by atoms with E-state index < -0.39 is 24.1 Å². The molecule has 0 bridgehead atoms. The highest BCUT2D eigenvalue weighted by Crippen LogP contribution is 2.14. The lowest BCUT2D eigenvalue weighted by molar-refractivity contribution is -0.155. The zero-order chi connectivity index (χ0) is 17.6. The number of nitrogens with zero attached hydrogens (tertiary/aromatic N) is 2. The Balaban J connectivity index is 2.19. The van der Waals surface area contributed by atoms with Gasteiger partial charge < -0.3 is 18.9 Å². The van der Waals surface area contributed by atoms with Crippen molar-refractivity contribution in [2.45, 2.75) is 25.0 Å². The molecule has 0 aromatic carbocycles. The number of isocyanates is 2. The van der Waals surface area contributed by atoms with E-state index >= 15 is 0 Å². The van der Waals surface area contributed by atoms with Gasteiger partial charge in [0.15, 0.2) is 6.10 Å². The Bertz CT molecular complexity index is 511. The van der Waals surface area contributed by atoms with Crippen molar-refractivity contribution < 1.29 is 38.1 Å². The molecule has 1 saturated heterocycles. The Hall–Kier alpha value is -2.38. The summed E-state index contributed by atoms with van der Waals surface area (Å²) in [6, 6.07) is 0. The standard InChI is InChI=1S/C14H18N2O8/c17-9-15-3-1-13(19)23-6-5-22-11-7-21-8-12(11)24-14(20)2-4-16-10-18/h11-12H,1-8H2. The normalized spacial score (nSPS) is 19.0. The Morgan fingerprint density at radius 1 is 0.958 bits per heavy atom. The average molecular weight is 342 g/mol. The first kappa shape index (κ1) is 19.7. The zero-order valence-corrected chi connectivity index (χ0v) is 13.0. The molecule has 1 aliphatic rings. The third kappa shape index (κ3) is 8.30. The predicted molar refractivity (Wildman–Crippen MR) is 76.6 cm³/mol. The maximum Gasteiger partial charge on any atom is 0.308 e. The minimum absolute atomic E-state index is 0.00864. The van der Waals surface area contributed by atoms with Gasteiger partial charge in [0.25, 0.3) is 0 Å². The molecule has 0 amide bonds. The molecular weight excluding hydrogens is 324 g/mol. The minimum atomic E-state index is -0.560. The van der Waals surface area contributed by atoms with Crippen LogP contribution < -0.4 is 0 Å². The second kappa shape index (κ2) is 12.1. The predicted octanol–water partition coefficient (Wildman–Crippen LogP) is -0.691. The average Bonchev–Trinajstić information content (AvgIpc) is 2.99. The van der Waals surface area contributed by atoms with Crippen LogP contribution in [-0.4, -0.2) is 75.8 Å². The van der Waals surface area contributed by atoms with E-state index in [1.165, 1.54) is 12.2 Å². The molecule has 0 spiro atoms. The highest BCUT2D eigenvalue weighted by molar-refractivity contribution is 5.70. The summed E-state index contributed by atoms with van der Waals surface area (Å²) < 4.78 is 20.7. The summed E-state index contributed by atoms with van der Waals surface area (Å²) in [5, 5.41) is 0. The lowest BCUT2D eigenvalue weighted by Gasteiger charge is -2.18. The Morgan fingerprint density at radius 3 is 2.25 bits per heavy atom. The molecule has 132 valence electrons. The molecule has 1 aliphatic heterocycles. The summed E-state index contributed by atoms with van der Waals surface area (Å²) in [6.45, 7) is 0.649. The molecule has 2 atom stereocenters. The van der Waals surface area contributed by atoms with Crippen LogP contribution in [0.15, 0.2) is 9.98 Å². The van der Waals surface area contributed by atoms with Gasteiger partial charge in [-0.3, -0.25) is 9.59 Å². The van der Waals surface area contributed by atoms with Gasteiger partial charge in [-0.25, -0.2) is 19.6 Å². The molecule has 1 rings (SSSR count). The van der Waals surface area contributed by atoms with Gasteiger partial charge in [-0.15, -0.1) is 0 Å². The van der Waals surface area contributed by atoms with Crippen LogP contribution >= 0.6 is 0 Å². The van der Waals surface area contributed by atoms with Crippen molar-refractivity contribution in [2.75, 3.05) is 39.5 Å². The summed E-state index contributed by atoms with van der Waals surface area (Å²) in [5.74, 6) is -1.01. The molecule has 10 heteroatoms. The van der Waals surface area contributed by atoms with Crippen molar-refractivity contribution in [3.63, 3.8) is 0 Å². The number of hydrogen-bond donors (Lipinski definition) is 0. The van der Waals surface area contributed by atoms with E-state index in [9.17, 15) is 19.2 Å². The molecule has 0 aliphatic carbocycles. The third-order valence-corrected chi connectivity index (χ3v) is 2.92. The van der Waals surface area contributed by atoms with E-state index in [4.69, 9.17) is 18.9 Å². The van der Waals surface area contributed by atoms with Crippen molar-refractivity contribution in [2.24, 2.45) is 9.98 Å². The van der Waals surface area contributed by atoms with E-state index in [0.717, 1.165) is 0 Å². The largest absolute Gasteiger partial charge is 0.463 e. The van der Waals surface area contributed by atoms with Gasteiger partial charge in [-0.1, -0.05) is 0 Å². The first-order valence-electron chi connectivity index (χ1n) is 7.29. The van der Waals surface area contributed by atoms with E-state index in [0.29, 0.717) is 0 Å². The fraction of sp³-hybridized carbons (Fsp3) is 0.714. The lowest BCUT2D eigenvalue weighted by atomic mass is 10.2. The molecule has 10 nitrogen and oxygen atoms in total. The van der Waals surface area contributed by atoms with Crippen molar-refractivity contribution in [3.8, 4) is 0 Å². The molecule has 0 saturated carbocycles. The van der Waals surface area contributed by atoms with Gasteiger partial charge in [0.1, 0.15) is 12.7 Å². The number of carbonyl (C=O) groups excluding carboxylic acids is 4. The summed E-state index contributed by atoms with van der Waals surface area (Å²) in [6.07, 6.45) is 1.61. The number of aliphatic imine (C=N–C) groups is 2. The molecule has 0 aromatic rings. The maximum atomic E-state index is 11.5. The van der Waals surface area contributed by atoms with Gasteiger partial charge in [-0.05, 0) is 0 Å². The summed E-state index contributed by atoms with van der Waals surface area (Å²) in [4.78, 5) is 49.0. The molecule has 1 fully saturated rings. The Labute approximate surface area is 137 Å². The smallest absolute Gasteiger partial charge is 0.308 e. The van der Waals surface area contributed by atoms with Gasteiger partial charge in [0.2, 0.25) is 12.2 Å². The van der Waals surface area contributed by atoms with Crippen molar-refractivity contribution >= 4 is 24.1 Å². The molecule has 0 aromatic heterocycles. The van der Waals surface area contributed by atoms with Crippen LogP contribution in [0.25, 0.3) is 0 Å². The first-order chi connectivity index (χ1) is 11.7. The summed E-state index contributed by atoms with van der Waals surface area (Å²) in [7, 11) is 0. The number of ether oxygens (including phenoxy) is 4. The molecule has 24 heavy (non-hydrogen) atoms. The molecular formula is C14H18N2O8. The summed E-state index contributed by atoms with van der Waals surface area (Å²) in [5.41, 5.74) is 0. The number of rotatable bonds is 11. The molecule has 0 radical (unpaired) electrons. The van der Waals surface area contributed by atoms with Crippen LogP contribution in [0, 0.1) is 0 Å². The van der Waals surface area contributed by atoms with Gasteiger partial charge in [0, 0.05) is 0 Å². The lowest BCUT2D eigenvalue weighted by Crippen LogP contribution is -2.33. The van der Waals surface area contributed by atoms with E-state index in [2.05, 4.69) is 9.98 Å². The van der Waals surface area contributed by atoms with E-state index in [1.54, 1.807) is 0 Å². The minimum Gasteiger partial charge on any atom is -0.463 e. The topological polar surface area (TPSA) is 130 Å². The van der Waals surface area contributed by atoms with Crippen molar-refractivity contribution in [3.05, 3.63) is 0 Å². The Morgan fingerprint density at radius 2 is 1.58 bits per heavy atom. The van der Waals surface area contributed by atoms with Gasteiger partial charge in [0.05, 0.1) is 45.8 Å². The molecule has 0 N–H and O–H groups in total. The first-order valence-corrected chi connectivity index (χ1v) is 7.29. The second-order valence-corrected chi connectivity index (χ2v) is 4.64. The van der Waals surface area contributed by atoms with Crippen LogP contribution in [-0.2, 0) is 38.1 Å². The fourth-order valence-corrected chi connectivity index (χ4v) is 1.82.